The third-order valence-electron chi connectivity index (χ3n) is 4.74. The highest BCUT2D eigenvalue weighted by Gasteiger charge is 2.24. The van der Waals surface area contributed by atoms with Crippen molar-refractivity contribution in [1.29, 1.82) is 0 Å². The summed E-state index contributed by atoms with van der Waals surface area (Å²) in [6.07, 6.45) is 7.21. The van der Waals surface area contributed by atoms with Crippen molar-refractivity contribution in [3.8, 4) is 0 Å². The Kier molecular flexibility index (Phi) is 4.57. The van der Waals surface area contributed by atoms with E-state index in [1.165, 1.54) is 0 Å². The number of aromatic nitrogens is 2. The number of likely N-dealkylation sites (tertiary alicyclic amines) is 1. The molecule has 120 valence electrons. The van der Waals surface area contributed by atoms with Gasteiger partial charge in [0, 0.05) is 39.0 Å². The van der Waals surface area contributed by atoms with Crippen molar-refractivity contribution >= 4 is 11.7 Å². The van der Waals surface area contributed by atoms with E-state index in [-0.39, 0.29) is 12.0 Å². The van der Waals surface area contributed by atoms with Crippen LogP contribution in [0.25, 0.3) is 0 Å². The number of hydrogen-bond donors (Lipinski definition) is 1. The summed E-state index contributed by atoms with van der Waals surface area (Å²) < 4.78 is 0. The topological polar surface area (TPSA) is 69.6 Å². The molecule has 0 aliphatic carbocycles. The smallest absolute Gasteiger partial charge is 0.219 e. The first kappa shape index (κ1) is 15.2. The molecule has 2 aliphatic heterocycles. The summed E-state index contributed by atoms with van der Waals surface area (Å²) in [4.78, 5) is 24.5. The number of nitrogens with zero attached hydrogens (tertiary/aromatic N) is 4. The third kappa shape index (κ3) is 3.38. The predicted octanol–water partition coefficient (Wildman–Crippen LogP) is 1.16. The fraction of sp³-hybridized carbons (Fsp3) is 0.688. The van der Waals surface area contributed by atoms with Crippen LogP contribution in [-0.4, -0.2) is 58.2 Å². The third-order valence-corrected chi connectivity index (χ3v) is 4.74. The van der Waals surface area contributed by atoms with Crippen LogP contribution in [0.1, 0.15) is 44.2 Å². The van der Waals surface area contributed by atoms with Crippen molar-refractivity contribution in [3.63, 3.8) is 0 Å². The largest absolute Gasteiger partial charge is 0.391 e. The summed E-state index contributed by atoms with van der Waals surface area (Å²) in [5.74, 6) is 1.40. The second-order valence-electron chi connectivity index (χ2n) is 6.32. The molecule has 3 rings (SSSR count). The van der Waals surface area contributed by atoms with Crippen molar-refractivity contribution in [2.24, 2.45) is 0 Å². The van der Waals surface area contributed by atoms with Gasteiger partial charge in [-0.25, -0.2) is 4.98 Å². The van der Waals surface area contributed by atoms with E-state index in [2.05, 4.69) is 14.9 Å². The summed E-state index contributed by atoms with van der Waals surface area (Å²) in [6, 6.07) is 0. The Morgan fingerprint density at radius 2 is 1.95 bits per heavy atom. The minimum absolute atomic E-state index is 0.156. The first-order valence-corrected chi connectivity index (χ1v) is 8.14. The van der Waals surface area contributed by atoms with Gasteiger partial charge in [-0.05, 0) is 25.7 Å². The second-order valence-corrected chi connectivity index (χ2v) is 6.32. The lowest BCUT2D eigenvalue weighted by molar-refractivity contribution is -0.129. The van der Waals surface area contributed by atoms with Gasteiger partial charge in [-0.2, -0.15) is 0 Å². The number of carbonyl (C=O) groups is 1. The van der Waals surface area contributed by atoms with Gasteiger partial charge in [0.1, 0.15) is 5.82 Å². The molecule has 1 atom stereocenters. The van der Waals surface area contributed by atoms with E-state index in [1.807, 2.05) is 17.3 Å². The molecule has 6 heteroatoms. The van der Waals surface area contributed by atoms with Crippen LogP contribution >= 0.6 is 0 Å². The molecule has 0 unspecified atom stereocenters. The average molecular weight is 304 g/mol. The lowest BCUT2D eigenvalue weighted by Gasteiger charge is -2.32. The maximum Gasteiger partial charge on any atom is 0.219 e. The number of carbonyl (C=O) groups excluding carboxylic acids is 1. The monoisotopic (exact) mass is 304 g/mol. The number of anilines is 1. The van der Waals surface area contributed by atoms with Crippen molar-refractivity contribution in [2.45, 2.75) is 44.6 Å². The molecule has 1 aromatic rings. The number of piperidine rings is 2. The normalized spacial score (nSPS) is 23.6. The Morgan fingerprint density at radius 3 is 2.55 bits per heavy atom. The minimum Gasteiger partial charge on any atom is -0.391 e. The van der Waals surface area contributed by atoms with Crippen molar-refractivity contribution in [2.75, 3.05) is 31.1 Å². The zero-order valence-electron chi connectivity index (χ0n) is 13.1. The van der Waals surface area contributed by atoms with E-state index in [1.54, 1.807) is 6.92 Å². The average Bonchev–Trinajstić information content (AvgIpc) is 2.55. The molecule has 0 aromatic carbocycles. The number of aliphatic hydroxyl groups excluding tert-OH is 1. The van der Waals surface area contributed by atoms with E-state index in [0.29, 0.717) is 12.5 Å². The van der Waals surface area contributed by atoms with E-state index in [4.69, 9.17) is 0 Å². The predicted molar refractivity (Wildman–Crippen MR) is 83.7 cm³/mol. The van der Waals surface area contributed by atoms with Crippen LogP contribution in [0.5, 0.6) is 0 Å². The van der Waals surface area contributed by atoms with Gasteiger partial charge in [0.05, 0.1) is 24.2 Å². The maximum absolute atomic E-state index is 11.4. The maximum atomic E-state index is 11.4. The number of rotatable bonds is 2. The molecule has 3 heterocycles. The Hall–Kier alpha value is -1.69. The molecule has 0 saturated carbocycles. The molecule has 0 radical (unpaired) electrons. The van der Waals surface area contributed by atoms with Gasteiger partial charge in [-0.1, -0.05) is 0 Å². The molecular weight excluding hydrogens is 280 g/mol. The quantitative estimate of drug-likeness (QED) is 0.888. The van der Waals surface area contributed by atoms with Crippen LogP contribution in [-0.2, 0) is 4.79 Å². The Bertz CT molecular complexity index is 511. The van der Waals surface area contributed by atoms with Crippen LogP contribution in [0.4, 0.5) is 5.82 Å². The highest BCUT2D eigenvalue weighted by molar-refractivity contribution is 5.73. The zero-order valence-corrected chi connectivity index (χ0v) is 13.1. The summed E-state index contributed by atoms with van der Waals surface area (Å²) in [7, 11) is 0. The highest BCUT2D eigenvalue weighted by Crippen LogP contribution is 2.27. The van der Waals surface area contributed by atoms with Gasteiger partial charge in [0.25, 0.3) is 0 Å². The SMILES string of the molecule is CC(=O)N1CCC(c2cnc(N3CCC[C@@H](O)C3)cn2)CC1. The molecule has 2 aliphatic rings. The number of amides is 1. The number of aliphatic hydroxyl groups is 1. The van der Waals surface area contributed by atoms with Crippen LogP contribution in [0, 0.1) is 0 Å². The fourth-order valence-corrected chi connectivity index (χ4v) is 3.36. The lowest BCUT2D eigenvalue weighted by Crippen LogP contribution is -2.39. The van der Waals surface area contributed by atoms with Crippen LogP contribution in [0.2, 0.25) is 0 Å². The molecule has 2 fully saturated rings. The number of β-amino-alcohol motifs (C(OH)–C–C–N with tert-alkyl or cyclic N) is 1. The van der Waals surface area contributed by atoms with Gasteiger partial charge >= 0.3 is 0 Å². The van der Waals surface area contributed by atoms with Crippen molar-refractivity contribution in [1.82, 2.24) is 14.9 Å². The summed E-state index contributed by atoms with van der Waals surface area (Å²) in [5, 5.41) is 9.75. The van der Waals surface area contributed by atoms with Gasteiger partial charge in [-0.3, -0.25) is 9.78 Å². The summed E-state index contributed by atoms with van der Waals surface area (Å²) >= 11 is 0. The van der Waals surface area contributed by atoms with E-state index in [9.17, 15) is 9.90 Å². The Morgan fingerprint density at radius 1 is 1.18 bits per heavy atom. The molecule has 22 heavy (non-hydrogen) atoms. The van der Waals surface area contributed by atoms with Gasteiger partial charge in [0.2, 0.25) is 5.91 Å². The summed E-state index contributed by atoms with van der Waals surface area (Å²) in [5.41, 5.74) is 1.02. The highest BCUT2D eigenvalue weighted by atomic mass is 16.3. The standard InChI is InChI=1S/C16H24N4O2/c1-12(21)19-7-4-13(5-8-19)15-9-18-16(10-17-15)20-6-2-3-14(22)11-20/h9-10,13-14,22H,2-8,11H2,1H3/t14-/m1/s1. The second kappa shape index (κ2) is 6.60. The van der Waals surface area contributed by atoms with Gasteiger partial charge in [-0.15, -0.1) is 0 Å². The molecule has 0 bridgehead atoms. The fourth-order valence-electron chi connectivity index (χ4n) is 3.36. The van der Waals surface area contributed by atoms with Gasteiger partial charge < -0.3 is 14.9 Å². The van der Waals surface area contributed by atoms with Crippen LogP contribution in [0.3, 0.4) is 0 Å². The first-order valence-electron chi connectivity index (χ1n) is 8.14. The Balaban J connectivity index is 1.61. The lowest BCUT2D eigenvalue weighted by atomic mass is 9.94. The molecule has 2 saturated heterocycles. The summed E-state index contributed by atoms with van der Waals surface area (Å²) in [6.45, 7) is 4.82. The molecule has 1 amide bonds. The molecule has 1 N–H and O–H groups in total. The minimum atomic E-state index is -0.258. The van der Waals surface area contributed by atoms with Crippen LogP contribution < -0.4 is 4.90 Å². The van der Waals surface area contributed by atoms with Crippen LogP contribution in [0.15, 0.2) is 12.4 Å². The van der Waals surface area contributed by atoms with E-state index in [0.717, 1.165) is 56.8 Å². The molecule has 6 nitrogen and oxygen atoms in total. The van der Waals surface area contributed by atoms with E-state index < -0.39 is 0 Å². The first-order chi connectivity index (χ1) is 10.6. The molecule has 1 aromatic heterocycles. The van der Waals surface area contributed by atoms with Crippen molar-refractivity contribution < 1.29 is 9.90 Å². The number of hydrogen-bond acceptors (Lipinski definition) is 5. The van der Waals surface area contributed by atoms with E-state index >= 15 is 0 Å². The zero-order chi connectivity index (χ0) is 15.5. The Labute approximate surface area is 131 Å². The van der Waals surface area contributed by atoms with Crippen molar-refractivity contribution in [3.05, 3.63) is 18.1 Å². The molecule has 0 spiro atoms. The van der Waals surface area contributed by atoms with Gasteiger partial charge in [0.15, 0.2) is 0 Å². The molecular formula is C16H24N4O2.